The minimum Gasteiger partial charge on any atom is -0.503 e. The fraction of sp³-hybridized carbons (Fsp3) is 0.591. The van der Waals surface area contributed by atoms with Crippen molar-refractivity contribution in [2.75, 3.05) is 26.6 Å². The number of aromatic hydroxyl groups is 1. The normalized spacial score (nSPS) is 22.6. The summed E-state index contributed by atoms with van der Waals surface area (Å²) >= 11 is 0. The summed E-state index contributed by atoms with van der Waals surface area (Å²) in [6.07, 6.45) is -0.756. The number of ether oxygens (including phenoxy) is 4. The average molecular weight is 547 g/mol. The Morgan fingerprint density at radius 1 is 1.27 bits per heavy atom. The van der Waals surface area contributed by atoms with Gasteiger partial charge in [-0.2, -0.15) is 8.42 Å². The molecular weight excluding hydrogens is 516 g/mol. The van der Waals surface area contributed by atoms with Gasteiger partial charge in [-0.25, -0.2) is 9.78 Å². The van der Waals surface area contributed by atoms with Crippen LogP contribution < -0.4 is 10.1 Å². The third kappa shape index (κ3) is 8.28. The number of carbonyl (C=O) groups is 4. The Hall–Kier alpha value is -3.46. The highest BCUT2D eigenvalue weighted by atomic mass is 32.2. The van der Waals surface area contributed by atoms with Crippen LogP contribution in [0.15, 0.2) is 12.3 Å². The third-order valence-corrected chi connectivity index (χ3v) is 5.81. The second-order valence-electron chi connectivity index (χ2n) is 8.49. The molecule has 37 heavy (non-hydrogen) atoms. The molecule has 15 heteroatoms. The molecule has 14 nitrogen and oxygen atoms in total. The molecule has 1 saturated heterocycles. The van der Waals surface area contributed by atoms with E-state index in [4.69, 9.17) is 23.1 Å². The lowest BCUT2D eigenvalue weighted by atomic mass is 9.95. The minimum absolute atomic E-state index is 0.0359. The lowest BCUT2D eigenvalue weighted by Gasteiger charge is -2.29. The van der Waals surface area contributed by atoms with E-state index in [0.29, 0.717) is 0 Å². The maximum atomic E-state index is 13.0. The van der Waals surface area contributed by atoms with E-state index >= 15 is 0 Å². The summed E-state index contributed by atoms with van der Waals surface area (Å²) in [6.45, 7) is 3.38. The zero-order valence-electron chi connectivity index (χ0n) is 21.0. The van der Waals surface area contributed by atoms with Crippen molar-refractivity contribution < 1.29 is 55.8 Å². The molecule has 0 aromatic carbocycles. The van der Waals surface area contributed by atoms with Crippen LogP contribution in [0.3, 0.4) is 0 Å². The number of cyclic esters (lactones) is 2. The van der Waals surface area contributed by atoms with E-state index in [1.165, 1.54) is 26.3 Å². The minimum atomic E-state index is -3.83. The summed E-state index contributed by atoms with van der Waals surface area (Å²) in [4.78, 5) is 54.6. The predicted octanol–water partition coefficient (Wildman–Crippen LogP) is -0.0670. The fourth-order valence-electron chi connectivity index (χ4n) is 3.29. The van der Waals surface area contributed by atoms with Crippen LogP contribution in [0, 0.1) is 11.8 Å². The van der Waals surface area contributed by atoms with E-state index in [9.17, 15) is 32.7 Å². The van der Waals surface area contributed by atoms with Gasteiger partial charge >= 0.3 is 17.9 Å². The predicted molar refractivity (Wildman–Crippen MR) is 124 cm³/mol. The number of hydrogen-bond acceptors (Lipinski definition) is 13. The van der Waals surface area contributed by atoms with Crippen molar-refractivity contribution in [1.29, 1.82) is 0 Å². The van der Waals surface area contributed by atoms with E-state index < -0.39 is 88.7 Å². The molecule has 0 unspecified atom stereocenters. The Kier molecular flexibility index (Phi) is 10.2. The molecule has 2 rings (SSSR count). The van der Waals surface area contributed by atoms with Gasteiger partial charge in [0.05, 0.1) is 31.8 Å². The van der Waals surface area contributed by atoms with Gasteiger partial charge in [0.25, 0.3) is 16.0 Å². The molecule has 0 saturated carbocycles. The Bertz CT molecular complexity index is 1120. The SMILES string of the molecule is COc1ccnc(C(=O)N[C@H]2COC(=O)[C@H](CCOS(C)(=O)=O)[C@@H](OC(=O)C(C)C)[C@H](C)OC2=O)c1O. The Morgan fingerprint density at radius 2 is 1.95 bits per heavy atom. The first-order valence-corrected chi connectivity index (χ1v) is 13.0. The summed E-state index contributed by atoms with van der Waals surface area (Å²) in [5, 5.41) is 12.5. The molecule has 0 radical (unpaired) electrons. The van der Waals surface area contributed by atoms with Crippen LogP contribution in [-0.2, 0) is 42.9 Å². The number of carbonyl (C=O) groups excluding carboxylic acids is 4. The zero-order chi connectivity index (χ0) is 27.9. The number of methoxy groups -OCH3 is 1. The number of hydrogen-bond donors (Lipinski definition) is 2. The number of amides is 1. The summed E-state index contributed by atoms with van der Waals surface area (Å²) in [6, 6.07) is -0.200. The standard InChI is InChI=1S/C22H30N2O12S/c1-11(2)20(27)36-18-12(3)35-22(29)14(10-33-21(28)13(18)7-9-34-37(5,30)31)24-19(26)16-17(25)15(32-4)6-8-23-16/h6,8,11-14,18,25H,7,9-10H2,1-5H3,(H,24,26)/t12-,13+,14-,18-/m0/s1. The number of aromatic nitrogens is 1. The van der Waals surface area contributed by atoms with E-state index in [-0.39, 0.29) is 12.2 Å². The summed E-state index contributed by atoms with van der Waals surface area (Å²) in [5.41, 5.74) is -0.453. The van der Waals surface area contributed by atoms with Crippen LogP contribution in [-0.4, -0.2) is 87.2 Å². The molecule has 1 aliphatic heterocycles. The number of nitrogens with one attached hydrogen (secondary N) is 1. The first-order chi connectivity index (χ1) is 17.2. The van der Waals surface area contributed by atoms with Crippen molar-refractivity contribution in [3.8, 4) is 11.5 Å². The van der Waals surface area contributed by atoms with E-state index in [0.717, 1.165) is 6.26 Å². The van der Waals surface area contributed by atoms with Crippen molar-refractivity contribution in [3.05, 3.63) is 18.0 Å². The number of esters is 3. The quantitative estimate of drug-likeness (QED) is 0.238. The maximum absolute atomic E-state index is 13.0. The summed E-state index contributed by atoms with van der Waals surface area (Å²) in [7, 11) is -2.56. The molecule has 1 fully saturated rings. The smallest absolute Gasteiger partial charge is 0.332 e. The molecule has 4 atom stereocenters. The van der Waals surface area contributed by atoms with E-state index in [1.807, 2.05) is 0 Å². The third-order valence-electron chi connectivity index (χ3n) is 5.22. The second-order valence-corrected chi connectivity index (χ2v) is 10.1. The van der Waals surface area contributed by atoms with Gasteiger partial charge in [0.15, 0.2) is 29.3 Å². The maximum Gasteiger partial charge on any atom is 0.332 e. The highest BCUT2D eigenvalue weighted by molar-refractivity contribution is 7.85. The topological polar surface area (TPSA) is 194 Å². The van der Waals surface area contributed by atoms with Crippen molar-refractivity contribution in [2.24, 2.45) is 11.8 Å². The second kappa shape index (κ2) is 12.7. The first kappa shape index (κ1) is 29.8. The van der Waals surface area contributed by atoms with Gasteiger partial charge in [-0.05, 0) is 13.3 Å². The highest BCUT2D eigenvalue weighted by Crippen LogP contribution is 2.28. The Morgan fingerprint density at radius 3 is 2.54 bits per heavy atom. The number of pyridine rings is 1. The fourth-order valence-corrected chi connectivity index (χ4v) is 3.68. The van der Waals surface area contributed by atoms with Crippen LogP contribution in [0.5, 0.6) is 11.5 Å². The van der Waals surface area contributed by atoms with Crippen molar-refractivity contribution in [1.82, 2.24) is 10.3 Å². The van der Waals surface area contributed by atoms with Crippen LogP contribution in [0.25, 0.3) is 0 Å². The molecule has 1 aromatic rings. The molecule has 0 bridgehead atoms. The molecule has 1 amide bonds. The van der Waals surface area contributed by atoms with Gasteiger partial charge in [-0.15, -0.1) is 0 Å². The van der Waals surface area contributed by atoms with Gasteiger partial charge in [-0.1, -0.05) is 13.8 Å². The Labute approximate surface area is 213 Å². The first-order valence-electron chi connectivity index (χ1n) is 11.2. The van der Waals surface area contributed by atoms with Crippen molar-refractivity contribution in [2.45, 2.75) is 45.4 Å². The average Bonchev–Trinajstić information content (AvgIpc) is 2.84. The van der Waals surface area contributed by atoms with Crippen LogP contribution in [0.1, 0.15) is 37.7 Å². The van der Waals surface area contributed by atoms with Crippen LogP contribution >= 0.6 is 0 Å². The number of rotatable bonds is 9. The molecule has 1 aliphatic rings. The highest BCUT2D eigenvalue weighted by Gasteiger charge is 2.42. The van der Waals surface area contributed by atoms with Gasteiger partial charge in [0.2, 0.25) is 0 Å². The van der Waals surface area contributed by atoms with Crippen molar-refractivity contribution >= 4 is 33.9 Å². The zero-order valence-corrected chi connectivity index (χ0v) is 21.8. The van der Waals surface area contributed by atoms with E-state index in [1.54, 1.807) is 13.8 Å². The largest absolute Gasteiger partial charge is 0.503 e. The summed E-state index contributed by atoms with van der Waals surface area (Å²) < 4.78 is 48.4. The Balaban J connectivity index is 2.30. The molecule has 0 spiro atoms. The molecule has 2 N–H and O–H groups in total. The lowest BCUT2D eigenvalue weighted by molar-refractivity contribution is -0.177. The monoisotopic (exact) mass is 546 g/mol. The van der Waals surface area contributed by atoms with E-state index in [2.05, 4.69) is 10.3 Å². The van der Waals surface area contributed by atoms with Crippen LogP contribution in [0.4, 0.5) is 0 Å². The summed E-state index contributed by atoms with van der Waals surface area (Å²) in [5.74, 6) is -6.09. The van der Waals surface area contributed by atoms with Gasteiger partial charge in [0.1, 0.15) is 12.7 Å². The van der Waals surface area contributed by atoms with Crippen molar-refractivity contribution in [3.63, 3.8) is 0 Å². The molecule has 0 aliphatic carbocycles. The molecule has 1 aromatic heterocycles. The molecule has 206 valence electrons. The van der Waals surface area contributed by atoms with Gasteiger partial charge in [-0.3, -0.25) is 18.6 Å². The molecule has 2 heterocycles. The molecular formula is C22H30N2O12S. The van der Waals surface area contributed by atoms with Gasteiger partial charge < -0.3 is 29.4 Å². The lowest BCUT2D eigenvalue weighted by Crippen LogP contribution is -2.46. The number of nitrogens with zero attached hydrogens (tertiary/aromatic N) is 1. The van der Waals surface area contributed by atoms with Gasteiger partial charge in [0, 0.05) is 12.3 Å². The van der Waals surface area contributed by atoms with Crippen LogP contribution in [0.2, 0.25) is 0 Å².